The van der Waals surface area contributed by atoms with Crippen molar-refractivity contribution in [3.05, 3.63) is 77.2 Å². The largest absolute Gasteiger partial charge is 0.350 e. The van der Waals surface area contributed by atoms with E-state index in [9.17, 15) is 4.79 Å². The number of fused-ring (bicyclic) bond motifs is 1. The number of nitrogens with one attached hydrogen (secondary N) is 1. The molecule has 0 spiro atoms. The van der Waals surface area contributed by atoms with E-state index in [1.54, 1.807) is 4.68 Å². The Bertz CT molecular complexity index is 1140. The number of pyridine rings is 1. The minimum Gasteiger partial charge on any atom is -0.350 e. The van der Waals surface area contributed by atoms with Gasteiger partial charge in [0.05, 0.1) is 5.39 Å². The van der Waals surface area contributed by atoms with Crippen LogP contribution in [0.15, 0.2) is 54.9 Å². The van der Waals surface area contributed by atoms with E-state index in [4.69, 9.17) is 5.10 Å². The molecule has 0 aliphatic carbocycles. The van der Waals surface area contributed by atoms with E-state index in [1.807, 2.05) is 74.1 Å². The summed E-state index contributed by atoms with van der Waals surface area (Å²) in [4.78, 5) is 17.2. The molecule has 6 heteroatoms. The first kappa shape index (κ1) is 18.0. The number of nitrogens with zero attached hydrogens (tertiary/aromatic N) is 4. The summed E-state index contributed by atoms with van der Waals surface area (Å²) in [5, 5.41) is 8.64. The van der Waals surface area contributed by atoms with Crippen LogP contribution in [0.4, 0.5) is 0 Å². The number of carbonyl (C=O) groups excluding carboxylic acids is 1. The third kappa shape index (κ3) is 3.53. The maximum Gasteiger partial charge on any atom is 0.242 e. The summed E-state index contributed by atoms with van der Waals surface area (Å²) in [5.41, 5.74) is 4.99. The van der Waals surface area contributed by atoms with Gasteiger partial charge in [-0.1, -0.05) is 29.8 Å². The predicted octanol–water partition coefficient (Wildman–Crippen LogP) is 3.46. The highest BCUT2D eigenvalue weighted by Gasteiger charge is 2.17. The van der Waals surface area contributed by atoms with Crippen LogP contribution in [0, 0.1) is 20.8 Å². The quantitative estimate of drug-likeness (QED) is 0.583. The lowest BCUT2D eigenvalue weighted by Crippen LogP contribution is -2.27. The Morgan fingerprint density at radius 3 is 2.61 bits per heavy atom. The van der Waals surface area contributed by atoms with Gasteiger partial charge in [-0.05, 0) is 50.1 Å². The Labute approximate surface area is 163 Å². The first-order valence-electron chi connectivity index (χ1n) is 9.31. The van der Waals surface area contributed by atoms with Crippen molar-refractivity contribution in [3.63, 3.8) is 0 Å². The number of amides is 1. The van der Waals surface area contributed by atoms with Gasteiger partial charge in [0.1, 0.15) is 6.54 Å². The fourth-order valence-corrected chi connectivity index (χ4v) is 3.47. The second-order valence-electron chi connectivity index (χ2n) is 7.12. The summed E-state index contributed by atoms with van der Waals surface area (Å²) in [5.74, 6) is 0.697. The smallest absolute Gasteiger partial charge is 0.242 e. The van der Waals surface area contributed by atoms with Gasteiger partial charge in [0.25, 0.3) is 0 Å². The standard InChI is InChI=1S/C22H23N5O/c1-15-7-6-8-18(11-15)13-23-19(28)14-27-21-20(16(2)12-17(3)24-21)22(25-27)26-9-4-5-10-26/h4-12H,13-14H2,1-3H3,(H,23,28). The molecule has 142 valence electrons. The SMILES string of the molecule is Cc1cccc(CNC(=O)Cn2nc(-n3cccc3)c3c(C)cc(C)nc32)c1. The molecule has 3 aromatic heterocycles. The number of carbonyl (C=O) groups is 1. The molecule has 4 rings (SSSR count). The zero-order chi connectivity index (χ0) is 19.7. The van der Waals surface area contributed by atoms with Gasteiger partial charge in [0.2, 0.25) is 5.91 Å². The average molecular weight is 373 g/mol. The third-order valence-electron chi connectivity index (χ3n) is 4.72. The van der Waals surface area contributed by atoms with Crippen LogP contribution in [-0.4, -0.2) is 25.2 Å². The Kier molecular flexibility index (Phi) is 4.69. The molecular formula is C22H23N5O. The van der Waals surface area contributed by atoms with Crippen LogP contribution < -0.4 is 5.32 Å². The lowest BCUT2D eigenvalue weighted by molar-refractivity contribution is -0.121. The lowest BCUT2D eigenvalue weighted by atomic mass is 10.1. The number of aromatic nitrogens is 4. The zero-order valence-electron chi connectivity index (χ0n) is 16.3. The van der Waals surface area contributed by atoms with Crippen LogP contribution >= 0.6 is 0 Å². The Balaban J connectivity index is 1.62. The zero-order valence-corrected chi connectivity index (χ0v) is 16.3. The molecule has 0 aliphatic rings. The fourth-order valence-electron chi connectivity index (χ4n) is 3.47. The van der Waals surface area contributed by atoms with E-state index >= 15 is 0 Å². The van der Waals surface area contributed by atoms with Crippen molar-refractivity contribution >= 4 is 16.9 Å². The lowest BCUT2D eigenvalue weighted by Gasteiger charge is -2.07. The molecular weight excluding hydrogens is 350 g/mol. The second-order valence-corrected chi connectivity index (χ2v) is 7.12. The summed E-state index contributed by atoms with van der Waals surface area (Å²) in [6.07, 6.45) is 3.90. The van der Waals surface area contributed by atoms with Gasteiger partial charge in [-0.25, -0.2) is 9.67 Å². The molecule has 28 heavy (non-hydrogen) atoms. The molecule has 0 radical (unpaired) electrons. The molecule has 1 N–H and O–H groups in total. The molecule has 0 atom stereocenters. The van der Waals surface area contributed by atoms with Crippen molar-refractivity contribution in [2.75, 3.05) is 0 Å². The molecule has 0 unspecified atom stereocenters. The first-order chi connectivity index (χ1) is 13.5. The van der Waals surface area contributed by atoms with Crippen LogP contribution in [0.5, 0.6) is 0 Å². The Hall–Kier alpha value is -3.41. The van der Waals surface area contributed by atoms with Gasteiger partial charge >= 0.3 is 0 Å². The highest BCUT2D eigenvalue weighted by Crippen LogP contribution is 2.25. The summed E-state index contributed by atoms with van der Waals surface area (Å²) in [7, 11) is 0. The predicted molar refractivity (Wildman–Crippen MR) is 109 cm³/mol. The molecule has 1 aromatic carbocycles. The number of hydrogen-bond donors (Lipinski definition) is 1. The summed E-state index contributed by atoms with van der Waals surface area (Å²) >= 11 is 0. The fraction of sp³-hybridized carbons (Fsp3) is 0.227. The maximum absolute atomic E-state index is 12.6. The van der Waals surface area contributed by atoms with E-state index in [1.165, 1.54) is 5.56 Å². The first-order valence-corrected chi connectivity index (χ1v) is 9.31. The van der Waals surface area contributed by atoms with Gasteiger partial charge in [-0.15, -0.1) is 0 Å². The monoisotopic (exact) mass is 373 g/mol. The van der Waals surface area contributed by atoms with Crippen LogP contribution in [0.3, 0.4) is 0 Å². The topological polar surface area (TPSA) is 64.7 Å². The Morgan fingerprint density at radius 1 is 1.07 bits per heavy atom. The molecule has 0 saturated heterocycles. The minimum atomic E-state index is -0.0917. The van der Waals surface area contributed by atoms with Crippen molar-refractivity contribution in [1.29, 1.82) is 0 Å². The summed E-state index contributed by atoms with van der Waals surface area (Å²) in [6.45, 7) is 6.67. The van der Waals surface area contributed by atoms with Crippen molar-refractivity contribution in [3.8, 4) is 5.82 Å². The van der Waals surface area contributed by atoms with Gasteiger partial charge in [0, 0.05) is 24.6 Å². The van der Waals surface area contributed by atoms with Crippen molar-refractivity contribution in [2.24, 2.45) is 0 Å². The summed E-state index contributed by atoms with van der Waals surface area (Å²) in [6, 6.07) is 14.1. The number of aryl methyl sites for hydroxylation is 3. The molecule has 4 aromatic rings. The van der Waals surface area contributed by atoms with Gasteiger partial charge < -0.3 is 9.88 Å². The Morgan fingerprint density at radius 2 is 1.86 bits per heavy atom. The molecule has 6 nitrogen and oxygen atoms in total. The average Bonchev–Trinajstić information content (AvgIpc) is 3.29. The van der Waals surface area contributed by atoms with Crippen molar-refractivity contribution < 1.29 is 4.79 Å². The summed E-state index contributed by atoms with van der Waals surface area (Å²) < 4.78 is 3.64. The molecule has 1 amide bonds. The van der Waals surface area contributed by atoms with E-state index in [0.29, 0.717) is 6.54 Å². The van der Waals surface area contributed by atoms with E-state index < -0.39 is 0 Å². The van der Waals surface area contributed by atoms with E-state index in [0.717, 1.165) is 33.7 Å². The van der Waals surface area contributed by atoms with E-state index in [-0.39, 0.29) is 12.5 Å². The van der Waals surface area contributed by atoms with Crippen LogP contribution in [0.2, 0.25) is 0 Å². The maximum atomic E-state index is 12.6. The molecule has 3 heterocycles. The molecule has 0 bridgehead atoms. The minimum absolute atomic E-state index is 0.0917. The molecule has 0 aliphatic heterocycles. The number of hydrogen-bond acceptors (Lipinski definition) is 3. The highest BCUT2D eigenvalue weighted by atomic mass is 16.2. The number of rotatable bonds is 5. The van der Waals surface area contributed by atoms with Crippen LogP contribution in [-0.2, 0) is 17.9 Å². The van der Waals surface area contributed by atoms with Gasteiger partial charge in [0.15, 0.2) is 11.5 Å². The normalized spacial score (nSPS) is 11.1. The molecule has 0 saturated carbocycles. The van der Waals surface area contributed by atoms with Gasteiger partial charge in [-0.2, -0.15) is 5.10 Å². The third-order valence-corrected chi connectivity index (χ3v) is 4.72. The van der Waals surface area contributed by atoms with Crippen LogP contribution in [0.25, 0.3) is 16.9 Å². The van der Waals surface area contributed by atoms with Gasteiger partial charge in [-0.3, -0.25) is 4.79 Å². The van der Waals surface area contributed by atoms with Crippen molar-refractivity contribution in [2.45, 2.75) is 33.9 Å². The van der Waals surface area contributed by atoms with Crippen LogP contribution in [0.1, 0.15) is 22.4 Å². The van der Waals surface area contributed by atoms with E-state index in [2.05, 4.69) is 16.4 Å². The molecule has 0 fully saturated rings. The highest BCUT2D eigenvalue weighted by molar-refractivity contribution is 5.88. The van der Waals surface area contributed by atoms with Crippen molar-refractivity contribution in [1.82, 2.24) is 24.6 Å². The number of benzene rings is 1. The second kappa shape index (κ2) is 7.31.